The fraction of sp³-hybridized carbons (Fsp3) is 0. The van der Waals surface area contributed by atoms with E-state index in [1.807, 2.05) is 0 Å². The molecule has 35 valence electrons. The molecule has 4 heavy (non-hydrogen) atoms. The van der Waals surface area contributed by atoms with E-state index in [0.29, 0.717) is 0 Å². The Balaban J connectivity index is 0. The van der Waals surface area contributed by atoms with Gasteiger partial charge in [0.25, 0.3) is 0 Å². The molecule has 0 aliphatic heterocycles. The molecule has 0 heterocycles. The SMILES string of the molecule is [CH3-].[Co].[Fe].[Ni]. The summed E-state index contributed by atoms with van der Waals surface area (Å²) < 4.78 is 0. The van der Waals surface area contributed by atoms with Gasteiger partial charge in [0.15, 0.2) is 0 Å². The van der Waals surface area contributed by atoms with Crippen molar-refractivity contribution in [1.29, 1.82) is 0 Å². The Hall–Kier alpha value is 1.52. The van der Waals surface area contributed by atoms with E-state index in [4.69, 9.17) is 0 Å². The summed E-state index contributed by atoms with van der Waals surface area (Å²) in [6.45, 7) is 0. The Labute approximate surface area is 57.7 Å². The molecule has 0 nitrogen and oxygen atoms in total. The van der Waals surface area contributed by atoms with Crippen LogP contribution in [-0.2, 0) is 50.3 Å². The van der Waals surface area contributed by atoms with Crippen LogP contribution in [0.15, 0.2) is 0 Å². The molecular formula is CH3CoFeNi-. The number of hydrogen-bond acceptors (Lipinski definition) is 0. The maximum absolute atomic E-state index is 0. The predicted molar refractivity (Wildman–Crippen MR) is 6.41 cm³/mol. The molecule has 1 radical (unpaired) electrons. The molecule has 0 aliphatic carbocycles. The van der Waals surface area contributed by atoms with E-state index in [9.17, 15) is 0 Å². The quantitative estimate of drug-likeness (QED) is 0.382. The topological polar surface area (TPSA) is 0 Å². The zero-order valence-electron chi connectivity index (χ0n) is 2.00. The Morgan fingerprint density at radius 2 is 1.00 bits per heavy atom. The summed E-state index contributed by atoms with van der Waals surface area (Å²) in [6.07, 6.45) is 0. The predicted octanol–water partition coefficient (Wildman–Crippen LogP) is 0.443. The first kappa shape index (κ1) is 48.8. The van der Waals surface area contributed by atoms with E-state index < -0.39 is 0 Å². The van der Waals surface area contributed by atoms with Crippen molar-refractivity contribution < 1.29 is 50.3 Å². The number of hydrogen-bond donors (Lipinski definition) is 0. The molecule has 0 unspecified atom stereocenters. The average Bonchev–Trinajstić information content (AvgIpc) is 0. The molecule has 0 aromatic carbocycles. The maximum Gasteiger partial charge on any atom is 0 e. The fourth-order valence-electron chi connectivity index (χ4n) is 0. The van der Waals surface area contributed by atoms with Crippen molar-refractivity contribution in [1.82, 2.24) is 0 Å². The van der Waals surface area contributed by atoms with E-state index in [1.165, 1.54) is 0 Å². The van der Waals surface area contributed by atoms with Crippen molar-refractivity contribution in [3.63, 3.8) is 0 Å². The third-order valence-corrected chi connectivity index (χ3v) is 0. The molecule has 0 N–H and O–H groups in total. The van der Waals surface area contributed by atoms with Crippen LogP contribution in [-0.4, -0.2) is 0 Å². The summed E-state index contributed by atoms with van der Waals surface area (Å²) >= 11 is 0. The van der Waals surface area contributed by atoms with Crippen LogP contribution in [0.4, 0.5) is 0 Å². The summed E-state index contributed by atoms with van der Waals surface area (Å²) in [7, 11) is 0. The molecule has 0 saturated heterocycles. The third kappa shape index (κ3) is 9.68. The molecule has 0 aliphatic rings. The zero-order valence-corrected chi connectivity index (χ0v) is 5.14. The summed E-state index contributed by atoms with van der Waals surface area (Å²) in [5.41, 5.74) is 0. The van der Waals surface area contributed by atoms with Crippen LogP contribution in [0.25, 0.3) is 0 Å². The largest absolute Gasteiger partial charge is 0.358 e. The van der Waals surface area contributed by atoms with E-state index in [-0.39, 0.29) is 57.8 Å². The van der Waals surface area contributed by atoms with Gasteiger partial charge in [0.2, 0.25) is 0 Å². The van der Waals surface area contributed by atoms with Gasteiger partial charge in [-0.25, -0.2) is 0 Å². The van der Waals surface area contributed by atoms with Crippen molar-refractivity contribution in [3.8, 4) is 0 Å². The summed E-state index contributed by atoms with van der Waals surface area (Å²) in [5, 5.41) is 0. The van der Waals surface area contributed by atoms with Gasteiger partial charge in [0.1, 0.15) is 0 Å². The van der Waals surface area contributed by atoms with E-state index in [0.717, 1.165) is 0 Å². The maximum atomic E-state index is 0. The molecule has 0 amide bonds. The molecule has 0 saturated carbocycles. The van der Waals surface area contributed by atoms with Gasteiger partial charge in [-0.15, -0.1) is 0 Å². The van der Waals surface area contributed by atoms with E-state index in [2.05, 4.69) is 0 Å². The Morgan fingerprint density at radius 1 is 1.00 bits per heavy atom. The molecule has 3 heteroatoms. The molecule has 0 spiro atoms. The Kier molecular flexibility index (Phi) is 296. The van der Waals surface area contributed by atoms with Crippen molar-refractivity contribution in [2.75, 3.05) is 0 Å². The fourth-order valence-corrected chi connectivity index (χ4v) is 0. The normalized spacial score (nSPS) is 0. The molecule has 0 rings (SSSR count). The third-order valence-electron chi connectivity index (χ3n) is 0. The second-order valence-corrected chi connectivity index (χ2v) is 0. The van der Waals surface area contributed by atoms with E-state index >= 15 is 0 Å². The Morgan fingerprint density at radius 3 is 1.00 bits per heavy atom. The van der Waals surface area contributed by atoms with Crippen LogP contribution in [0.3, 0.4) is 0 Å². The van der Waals surface area contributed by atoms with Gasteiger partial charge in [-0.2, -0.15) is 0 Å². The molecular weight excluding hydrogens is 185 g/mol. The minimum atomic E-state index is 0. The summed E-state index contributed by atoms with van der Waals surface area (Å²) in [6, 6.07) is 0. The van der Waals surface area contributed by atoms with Crippen molar-refractivity contribution >= 4 is 0 Å². The van der Waals surface area contributed by atoms with Crippen molar-refractivity contribution in [2.24, 2.45) is 0 Å². The van der Waals surface area contributed by atoms with Gasteiger partial charge in [-0.05, 0) is 0 Å². The van der Waals surface area contributed by atoms with Gasteiger partial charge >= 0.3 is 0 Å². The van der Waals surface area contributed by atoms with Crippen LogP contribution in [0.1, 0.15) is 0 Å². The summed E-state index contributed by atoms with van der Waals surface area (Å²) in [4.78, 5) is 0. The smallest absolute Gasteiger partial charge is 0 e. The van der Waals surface area contributed by atoms with Gasteiger partial charge in [0.05, 0.1) is 0 Å². The molecule has 0 atom stereocenters. The van der Waals surface area contributed by atoms with Gasteiger partial charge < -0.3 is 7.43 Å². The summed E-state index contributed by atoms with van der Waals surface area (Å²) in [5.74, 6) is 0. The van der Waals surface area contributed by atoms with Crippen LogP contribution < -0.4 is 0 Å². The molecule has 0 fully saturated rings. The van der Waals surface area contributed by atoms with Gasteiger partial charge in [-0.3, -0.25) is 0 Å². The molecule has 0 bridgehead atoms. The van der Waals surface area contributed by atoms with Crippen LogP contribution in [0.2, 0.25) is 0 Å². The van der Waals surface area contributed by atoms with Crippen LogP contribution >= 0.6 is 0 Å². The van der Waals surface area contributed by atoms with Crippen molar-refractivity contribution in [2.45, 2.75) is 0 Å². The standard InChI is InChI=1S/CH3.Co.Fe.Ni/h1H3;;;/q-1;;;. The second-order valence-electron chi connectivity index (χ2n) is 0. The molecule has 0 aromatic rings. The first-order valence-electron chi connectivity index (χ1n) is 0. The minimum absolute atomic E-state index is 0. The number of rotatable bonds is 0. The monoisotopic (exact) mass is 188 g/mol. The van der Waals surface area contributed by atoms with Gasteiger partial charge in [0, 0.05) is 50.3 Å². The second kappa shape index (κ2) is 24.2. The first-order valence-corrected chi connectivity index (χ1v) is 0. The first-order chi connectivity index (χ1) is 0. The Bertz CT molecular complexity index is 8.00. The van der Waals surface area contributed by atoms with Crippen LogP contribution in [0, 0.1) is 7.43 Å². The van der Waals surface area contributed by atoms with Gasteiger partial charge in [-0.1, -0.05) is 0 Å². The minimum Gasteiger partial charge on any atom is -0.358 e. The van der Waals surface area contributed by atoms with E-state index in [1.54, 1.807) is 0 Å². The van der Waals surface area contributed by atoms with Crippen molar-refractivity contribution in [3.05, 3.63) is 7.43 Å². The molecule has 0 aromatic heterocycles. The van der Waals surface area contributed by atoms with Crippen LogP contribution in [0.5, 0.6) is 0 Å². The zero-order chi connectivity index (χ0) is 0. The average molecular weight is 189 g/mol.